The van der Waals surface area contributed by atoms with Crippen LogP contribution in [0.25, 0.3) is 0 Å². The number of benzene rings is 1. The van der Waals surface area contributed by atoms with Gasteiger partial charge in [0, 0.05) is 7.11 Å². The largest absolute Gasteiger partial charge is 0.386 e. The van der Waals surface area contributed by atoms with Gasteiger partial charge >= 0.3 is 0 Å². The van der Waals surface area contributed by atoms with Crippen molar-refractivity contribution in [3.8, 4) is 0 Å². The smallest absolute Gasteiger partial charge is 0.102 e. The van der Waals surface area contributed by atoms with Gasteiger partial charge in [-0.2, -0.15) is 0 Å². The Labute approximate surface area is 84.5 Å². The summed E-state index contributed by atoms with van der Waals surface area (Å²) in [5.41, 5.74) is 2.34. The zero-order valence-corrected chi connectivity index (χ0v) is 8.44. The third-order valence-electron chi connectivity index (χ3n) is 2.69. The molecule has 0 saturated heterocycles. The Hall–Kier alpha value is -0.860. The molecule has 1 N–H and O–H groups in total. The minimum Gasteiger partial charge on any atom is -0.386 e. The van der Waals surface area contributed by atoms with E-state index in [0.717, 1.165) is 11.5 Å². The first kappa shape index (κ1) is 9.69. The first-order chi connectivity index (χ1) is 6.81. The summed E-state index contributed by atoms with van der Waals surface area (Å²) in [5.74, 6) is 0.781. The molecule has 1 fully saturated rings. The summed E-state index contributed by atoms with van der Waals surface area (Å²) in [4.78, 5) is 0. The lowest BCUT2D eigenvalue weighted by Crippen LogP contribution is -2.04. The van der Waals surface area contributed by atoms with Gasteiger partial charge in [0.2, 0.25) is 0 Å². The molecule has 0 spiro atoms. The second kappa shape index (κ2) is 4.11. The number of aliphatic hydroxyl groups is 1. The molecule has 0 bridgehead atoms. The summed E-state index contributed by atoms with van der Waals surface area (Å²) < 4.78 is 4.90. The normalized spacial score (nSPS) is 18.1. The number of rotatable bonds is 4. The fourth-order valence-electron chi connectivity index (χ4n) is 1.66. The van der Waals surface area contributed by atoms with Gasteiger partial charge in [0.25, 0.3) is 0 Å². The third-order valence-corrected chi connectivity index (χ3v) is 2.69. The molecule has 0 aromatic heterocycles. The van der Waals surface area contributed by atoms with Gasteiger partial charge in [-0.3, -0.25) is 0 Å². The summed E-state index contributed by atoms with van der Waals surface area (Å²) in [7, 11) is 1.60. The van der Waals surface area contributed by atoms with Gasteiger partial charge in [0.05, 0.1) is 6.61 Å². The topological polar surface area (TPSA) is 29.5 Å². The Balaban J connectivity index is 2.04. The van der Waals surface area contributed by atoms with Crippen LogP contribution in [0.15, 0.2) is 24.3 Å². The average Bonchev–Trinajstić information content (AvgIpc) is 3.02. The monoisotopic (exact) mass is 192 g/mol. The van der Waals surface area contributed by atoms with Gasteiger partial charge in [0.15, 0.2) is 0 Å². The lowest BCUT2D eigenvalue weighted by molar-refractivity contribution is 0.0644. The minimum atomic E-state index is -0.492. The molecule has 0 aliphatic heterocycles. The summed E-state index contributed by atoms with van der Waals surface area (Å²) in [6.45, 7) is 0.364. The second-order valence-electron chi connectivity index (χ2n) is 3.91. The Bertz CT molecular complexity index is 288. The second-order valence-corrected chi connectivity index (χ2v) is 3.91. The fraction of sp³-hybridized carbons (Fsp3) is 0.500. The molecule has 1 atom stereocenters. The zero-order valence-electron chi connectivity index (χ0n) is 8.44. The van der Waals surface area contributed by atoms with Gasteiger partial charge in [0.1, 0.15) is 6.10 Å². The molecule has 14 heavy (non-hydrogen) atoms. The number of hydrogen-bond acceptors (Lipinski definition) is 2. The molecule has 1 aromatic carbocycles. The maximum Gasteiger partial charge on any atom is 0.102 e. The molecule has 0 amide bonds. The Morgan fingerprint density at radius 3 is 2.50 bits per heavy atom. The first-order valence-corrected chi connectivity index (χ1v) is 5.08. The number of methoxy groups -OCH3 is 1. The molecule has 1 aromatic rings. The van der Waals surface area contributed by atoms with Gasteiger partial charge in [-0.1, -0.05) is 24.3 Å². The van der Waals surface area contributed by atoms with E-state index >= 15 is 0 Å². The van der Waals surface area contributed by atoms with E-state index in [0.29, 0.717) is 6.61 Å². The summed E-state index contributed by atoms with van der Waals surface area (Å²) in [6.07, 6.45) is 2.15. The highest BCUT2D eigenvalue weighted by Crippen LogP contribution is 2.40. The molecule has 2 nitrogen and oxygen atoms in total. The maximum absolute atomic E-state index is 9.64. The van der Waals surface area contributed by atoms with E-state index in [1.807, 2.05) is 12.1 Å². The Morgan fingerprint density at radius 2 is 2.00 bits per heavy atom. The highest BCUT2D eigenvalue weighted by Gasteiger charge is 2.23. The van der Waals surface area contributed by atoms with Crippen molar-refractivity contribution >= 4 is 0 Å². The van der Waals surface area contributed by atoms with E-state index in [9.17, 15) is 5.11 Å². The van der Waals surface area contributed by atoms with Crippen LogP contribution in [-0.4, -0.2) is 18.8 Å². The van der Waals surface area contributed by atoms with Crippen LogP contribution >= 0.6 is 0 Å². The summed E-state index contributed by atoms with van der Waals surface area (Å²) in [6, 6.07) is 8.23. The van der Waals surface area contributed by atoms with E-state index in [-0.39, 0.29) is 0 Å². The summed E-state index contributed by atoms with van der Waals surface area (Å²) in [5, 5.41) is 9.64. The number of hydrogen-bond donors (Lipinski definition) is 1. The fourth-order valence-corrected chi connectivity index (χ4v) is 1.66. The van der Waals surface area contributed by atoms with Crippen molar-refractivity contribution in [1.29, 1.82) is 0 Å². The lowest BCUT2D eigenvalue weighted by atomic mass is 10.1. The van der Waals surface area contributed by atoms with Gasteiger partial charge in [-0.25, -0.2) is 0 Å². The predicted molar refractivity (Wildman–Crippen MR) is 55.3 cm³/mol. The molecular formula is C12H16O2. The predicted octanol–water partition coefficient (Wildman–Crippen LogP) is 2.24. The molecule has 2 rings (SSSR count). The maximum atomic E-state index is 9.64. The van der Waals surface area contributed by atoms with E-state index in [1.165, 1.54) is 18.4 Å². The molecule has 0 heterocycles. The zero-order chi connectivity index (χ0) is 9.97. The molecule has 2 heteroatoms. The SMILES string of the molecule is COCC(O)c1ccc(C2CC2)cc1. The van der Waals surface area contributed by atoms with E-state index in [2.05, 4.69) is 12.1 Å². The van der Waals surface area contributed by atoms with Crippen molar-refractivity contribution in [1.82, 2.24) is 0 Å². The van der Waals surface area contributed by atoms with Crippen LogP contribution in [0.2, 0.25) is 0 Å². The number of aliphatic hydroxyl groups excluding tert-OH is 1. The molecule has 76 valence electrons. The summed E-state index contributed by atoms with van der Waals surface area (Å²) >= 11 is 0. The van der Waals surface area contributed by atoms with Crippen LogP contribution in [0.5, 0.6) is 0 Å². The lowest BCUT2D eigenvalue weighted by Gasteiger charge is -2.10. The molecule has 0 radical (unpaired) electrons. The average molecular weight is 192 g/mol. The van der Waals surface area contributed by atoms with Crippen molar-refractivity contribution in [3.05, 3.63) is 35.4 Å². The first-order valence-electron chi connectivity index (χ1n) is 5.08. The van der Waals surface area contributed by atoms with E-state index < -0.39 is 6.10 Å². The van der Waals surface area contributed by atoms with Gasteiger partial charge in [-0.15, -0.1) is 0 Å². The highest BCUT2D eigenvalue weighted by molar-refractivity contribution is 5.29. The highest BCUT2D eigenvalue weighted by atomic mass is 16.5. The van der Waals surface area contributed by atoms with Crippen molar-refractivity contribution in [2.24, 2.45) is 0 Å². The van der Waals surface area contributed by atoms with Crippen LogP contribution < -0.4 is 0 Å². The van der Waals surface area contributed by atoms with Crippen LogP contribution in [0.4, 0.5) is 0 Å². The van der Waals surface area contributed by atoms with Crippen molar-refractivity contribution in [2.75, 3.05) is 13.7 Å². The molecule has 1 unspecified atom stereocenters. The number of ether oxygens (including phenoxy) is 1. The molecule has 1 aliphatic carbocycles. The van der Waals surface area contributed by atoms with Crippen molar-refractivity contribution in [3.63, 3.8) is 0 Å². The van der Waals surface area contributed by atoms with Crippen molar-refractivity contribution < 1.29 is 9.84 Å². The van der Waals surface area contributed by atoms with Gasteiger partial charge in [-0.05, 0) is 29.9 Å². The standard InChI is InChI=1S/C12H16O2/c1-14-8-12(13)11-6-4-10(5-7-11)9-2-3-9/h4-7,9,12-13H,2-3,8H2,1H3. The Morgan fingerprint density at radius 1 is 1.36 bits per heavy atom. The molecule has 1 aliphatic rings. The van der Waals surface area contributed by atoms with Crippen LogP contribution in [0.3, 0.4) is 0 Å². The van der Waals surface area contributed by atoms with Crippen LogP contribution in [0, 0.1) is 0 Å². The minimum absolute atomic E-state index is 0.364. The third kappa shape index (κ3) is 2.14. The van der Waals surface area contributed by atoms with Gasteiger partial charge < -0.3 is 9.84 Å². The molecular weight excluding hydrogens is 176 g/mol. The quantitative estimate of drug-likeness (QED) is 0.792. The van der Waals surface area contributed by atoms with Crippen LogP contribution in [-0.2, 0) is 4.74 Å². The van der Waals surface area contributed by atoms with E-state index in [4.69, 9.17) is 4.74 Å². The Kier molecular flexibility index (Phi) is 2.85. The van der Waals surface area contributed by atoms with E-state index in [1.54, 1.807) is 7.11 Å². The van der Waals surface area contributed by atoms with Crippen LogP contribution in [0.1, 0.15) is 36.0 Å². The molecule has 1 saturated carbocycles. The van der Waals surface area contributed by atoms with Crippen molar-refractivity contribution in [2.45, 2.75) is 24.9 Å².